The highest BCUT2D eigenvalue weighted by Crippen LogP contribution is 2.46. The van der Waals surface area contributed by atoms with Gasteiger partial charge in [-0.2, -0.15) is 5.26 Å². The lowest BCUT2D eigenvalue weighted by atomic mass is 9.81. The van der Waals surface area contributed by atoms with Gasteiger partial charge in [0.05, 0.1) is 17.0 Å². The average molecular weight is 331 g/mol. The number of hydrogen-bond donors (Lipinski definition) is 0. The van der Waals surface area contributed by atoms with Crippen LogP contribution in [0.4, 0.5) is 5.69 Å². The van der Waals surface area contributed by atoms with E-state index in [1.807, 2.05) is 30.3 Å². The summed E-state index contributed by atoms with van der Waals surface area (Å²) in [6.45, 7) is 0.943. The summed E-state index contributed by atoms with van der Waals surface area (Å²) in [4.78, 5) is 29.2. The predicted molar refractivity (Wildman–Crippen MR) is 93.2 cm³/mol. The number of para-hydroxylation sites is 1. The highest BCUT2D eigenvalue weighted by atomic mass is 16.2. The minimum atomic E-state index is -0.631. The van der Waals surface area contributed by atoms with Gasteiger partial charge in [-0.15, -0.1) is 0 Å². The number of benzene rings is 2. The van der Waals surface area contributed by atoms with Crippen LogP contribution in [0.2, 0.25) is 0 Å². The average Bonchev–Trinajstić information content (AvgIpc) is 3.20. The van der Waals surface area contributed by atoms with Crippen molar-refractivity contribution in [1.82, 2.24) is 4.90 Å². The minimum Gasteiger partial charge on any atom is -0.337 e. The van der Waals surface area contributed by atoms with Crippen molar-refractivity contribution >= 4 is 17.5 Å². The number of likely N-dealkylation sites (N-methyl/N-ethyl adjacent to an activating group) is 1. The van der Waals surface area contributed by atoms with Crippen molar-refractivity contribution in [3.05, 3.63) is 65.2 Å². The molecule has 0 aliphatic carbocycles. The normalized spacial score (nSPS) is 21.5. The molecule has 2 aliphatic rings. The first kappa shape index (κ1) is 15.4. The van der Waals surface area contributed by atoms with E-state index in [1.165, 1.54) is 0 Å². The molecule has 0 radical (unpaired) electrons. The van der Waals surface area contributed by atoms with Gasteiger partial charge in [-0.05, 0) is 42.3 Å². The molecule has 2 amide bonds. The standard InChI is InChI=1S/C20H17N3O2/c1-22-17-5-3-2-4-16(17)20(19(22)25)10-11-23(13-20)18(24)15-8-6-14(12-21)7-9-15/h2-9H,10-11,13H2,1H3/t20-/m1/s1. The van der Waals surface area contributed by atoms with Crippen LogP contribution in [-0.2, 0) is 10.2 Å². The maximum absolute atomic E-state index is 12.9. The third kappa shape index (κ3) is 2.14. The topological polar surface area (TPSA) is 64.4 Å². The number of nitrogens with zero attached hydrogens (tertiary/aromatic N) is 3. The van der Waals surface area contributed by atoms with Crippen molar-refractivity contribution in [3.8, 4) is 6.07 Å². The predicted octanol–water partition coefficient (Wildman–Crippen LogP) is 2.32. The van der Waals surface area contributed by atoms with E-state index < -0.39 is 5.41 Å². The number of amides is 2. The van der Waals surface area contributed by atoms with E-state index in [-0.39, 0.29) is 11.8 Å². The second-order valence-corrected chi connectivity index (χ2v) is 6.63. The summed E-state index contributed by atoms with van der Waals surface area (Å²) in [5, 5.41) is 8.88. The molecule has 1 fully saturated rings. The molecule has 0 unspecified atom stereocenters. The smallest absolute Gasteiger partial charge is 0.253 e. The van der Waals surface area contributed by atoms with Crippen LogP contribution in [0.15, 0.2) is 48.5 Å². The van der Waals surface area contributed by atoms with Crippen LogP contribution in [0.1, 0.15) is 27.9 Å². The van der Waals surface area contributed by atoms with E-state index >= 15 is 0 Å². The molecule has 0 saturated carbocycles. The fourth-order valence-electron chi connectivity index (χ4n) is 3.96. The van der Waals surface area contributed by atoms with Gasteiger partial charge in [-0.3, -0.25) is 9.59 Å². The van der Waals surface area contributed by atoms with E-state index in [9.17, 15) is 9.59 Å². The lowest BCUT2D eigenvalue weighted by Crippen LogP contribution is -2.42. The second-order valence-electron chi connectivity index (χ2n) is 6.63. The summed E-state index contributed by atoms with van der Waals surface area (Å²) in [6, 6.07) is 16.5. The van der Waals surface area contributed by atoms with Crippen LogP contribution in [0.25, 0.3) is 0 Å². The van der Waals surface area contributed by atoms with Crippen molar-refractivity contribution in [2.45, 2.75) is 11.8 Å². The molecule has 0 aromatic heterocycles. The molecule has 5 nitrogen and oxygen atoms in total. The van der Waals surface area contributed by atoms with Gasteiger partial charge < -0.3 is 9.80 Å². The highest BCUT2D eigenvalue weighted by molar-refractivity contribution is 6.09. The van der Waals surface area contributed by atoms with Gasteiger partial charge >= 0.3 is 0 Å². The molecule has 124 valence electrons. The molecule has 0 bridgehead atoms. The van der Waals surface area contributed by atoms with E-state index in [4.69, 9.17) is 5.26 Å². The third-order valence-electron chi connectivity index (χ3n) is 5.31. The molecular formula is C20H17N3O2. The van der Waals surface area contributed by atoms with Gasteiger partial charge in [0.1, 0.15) is 0 Å². The van der Waals surface area contributed by atoms with Crippen LogP contribution in [0.5, 0.6) is 0 Å². The van der Waals surface area contributed by atoms with E-state index in [0.717, 1.165) is 11.3 Å². The number of anilines is 1. The second kappa shape index (κ2) is 5.45. The zero-order valence-electron chi connectivity index (χ0n) is 13.9. The fraction of sp³-hybridized carbons (Fsp3) is 0.250. The largest absolute Gasteiger partial charge is 0.337 e. The number of carbonyl (C=O) groups is 2. The van der Waals surface area contributed by atoms with E-state index in [2.05, 4.69) is 0 Å². The monoisotopic (exact) mass is 331 g/mol. The number of rotatable bonds is 1. The fourth-order valence-corrected chi connectivity index (χ4v) is 3.96. The lowest BCUT2D eigenvalue weighted by Gasteiger charge is -2.23. The number of carbonyl (C=O) groups excluding carboxylic acids is 2. The first-order chi connectivity index (χ1) is 12.1. The van der Waals surface area contributed by atoms with Gasteiger partial charge in [0.25, 0.3) is 5.91 Å². The summed E-state index contributed by atoms with van der Waals surface area (Å²) >= 11 is 0. The van der Waals surface area contributed by atoms with Crippen LogP contribution in [0.3, 0.4) is 0 Å². The lowest BCUT2D eigenvalue weighted by molar-refractivity contribution is -0.122. The molecule has 5 heteroatoms. The van der Waals surface area contributed by atoms with Crippen LogP contribution in [0, 0.1) is 11.3 Å². The molecule has 4 rings (SSSR count). The van der Waals surface area contributed by atoms with Gasteiger partial charge in [-0.25, -0.2) is 0 Å². The Balaban J connectivity index is 1.64. The SMILES string of the molecule is CN1C(=O)[C@@]2(CCN(C(=O)c3ccc(C#N)cc3)C2)c2ccccc21. The molecule has 1 spiro atoms. The Labute approximate surface area is 146 Å². The summed E-state index contributed by atoms with van der Waals surface area (Å²) < 4.78 is 0. The van der Waals surface area contributed by atoms with Crippen LogP contribution < -0.4 is 4.90 Å². The highest BCUT2D eigenvalue weighted by Gasteiger charge is 2.54. The summed E-state index contributed by atoms with van der Waals surface area (Å²) in [5.74, 6) is -0.0370. The molecule has 0 N–H and O–H groups in total. The zero-order valence-corrected chi connectivity index (χ0v) is 13.9. The molecular weight excluding hydrogens is 314 g/mol. The first-order valence-electron chi connectivity index (χ1n) is 8.24. The Morgan fingerprint density at radius 3 is 2.60 bits per heavy atom. The number of fused-ring (bicyclic) bond motifs is 2. The van der Waals surface area contributed by atoms with Crippen molar-refractivity contribution in [3.63, 3.8) is 0 Å². The Morgan fingerprint density at radius 1 is 1.16 bits per heavy atom. The first-order valence-corrected chi connectivity index (χ1v) is 8.24. The zero-order chi connectivity index (χ0) is 17.6. The van der Waals surface area contributed by atoms with Gasteiger partial charge in [0.2, 0.25) is 5.91 Å². The minimum absolute atomic E-state index is 0.0591. The summed E-state index contributed by atoms with van der Waals surface area (Å²) in [6.07, 6.45) is 0.634. The van der Waals surface area contributed by atoms with Crippen molar-refractivity contribution in [2.75, 3.05) is 25.0 Å². The summed E-state index contributed by atoms with van der Waals surface area (Å²) in [7, 11) is 1.79. The number of likely N-dealkylation sites (tertiary alicyclic amines) is 1. The quantitative estimate of drug-likeness (QED) is 0.805. The summed E-state index contributed by atoms with van der Waals surface area (Å²) in [5.41, 5.74) is 2.38. The maximum atomic E-state index is 12.9. The Morgan fingerprint density at radius 2 is 1.88 bits per heavy atom. The molecule has 2 aliphatic heterocycles. The van der Waals surface area contributed by atoms with E-state index in [1.54, 1.807) is 41.1 Å². The van der Waals surface area contributed by atoms with Crippen molar-refractivity contribution in [1.29, 1.82) is 5.26 Å². The van der Waals surface area contributed by atoms with Crippen molar-refractivity contribution < 1.29 is 9.59 Å². The Bertz CT molecular complexity index is 913. The van der Waals surface area contributed by atoms with Gasteiger partial charge in [0, 0.05) is 31.4 Å². The molecule has 1 saturated heterocycles. The molecule has 2 heterocycles. The van der Waals surface area contributed by atoms with Gasteiger partial charge in [0.15, 0.2) is 0 Å². The van der Waals surface area contributed by atoms with E-state index in [0.29, 0.717) is 30.6 Å². The Kier molecular flexibility index (Phi) is 3.36. The Hall–Kier alpha value is -3.13. The van der Waals surface area contributed by atoms with Crippen molar-refractivity contribution in [2.24, 2.45) is 0 Å². The van der Waals surface area contributed by atoms with Gasteiger partial charge in [-0.1, -0.05) is 18.2 Å². The third-order valence-corrected chi connectivity index (χ3v) is 5.31. The molecule has 2 aromatic rings. The maximum Gasteiger partial charge on any atom is 0.253 e. The van der Waals surface area contributed by atoms with Crippen LogP contribution in [-0.4, -0.2) is 36.9 Å². The molecule has 1 atom stereocenters. The molecule has 2 aromatic carbocycles. The molecule has 25 heavy (non-hydrogen) atoms. The van der Waals surface area contributed by atoms with Crippen LogP contribution >= 0.6 is 0 Å². The number of hydrogen-bond acceptors (Lipinski definition) is 3. The number of nitriles is 1.